The molecule has 44 heavy (non-hydrogen) atoms. The Morgan fingerprint density at radius 2 is 1.91 bits per heavy atom. The highest BCUT2D eigenvalue weighted by Gasteiger charge is 2.24. The van der Waals surface area contributed by atoms with Gasteiger partial charge in [0, 0.05) is 49.2 Å². The van der Waals surface area contributed by atoms with Crippen molar-refractivity contribution in [2.24, 2.45) is 11.7 Å². The Bertz CT molecular complexity index is 1710. The lowest BCUT2D eigenvalue weighted by Crippen LogP contribution is -2.40. The fourth-order valence-corrected chi connectivity index (χ4v) is 4.90. The van der Waals surface area contributed by atoms with Gasteiger partial charge in [-0.3, -0.25) is 14.0 Å². The third kappa shape index (κ3) is 7.09. The quantitative estimate of drug-likeness (QED) is 0.266. The molecule has 3 heterocycles. The molecule has 1 aliphatic rings. The largest absolute Gasteiger partial charge is 0.481 e. The Balaban J connectivity index is 0.00000104. The van der Waals surface area contributed by atoms with Crippen LogP contribution in [0.2, 0.25) is 0 Å². The molecular weight excluding hydrogens is 572 g/mol. The molecule has 2 aromatic heterocycles. The number of fused-ring (bicyclic) bond motifs is 1. The highest BCUT2D eigenvalue weighted by molar-refractivity contribution is 5.96. The second-order valence-corrected chi connectivity index (χ2v) is 10.4. The predicted octanol–water partition coefficient (Wildman–Crippen LogP) is 4.92. The third-order valence-electron chi connectivity index (χ3n) is 7.19. The second kappa shape index (κ2) is 13.9. The molecule has 230 valence electrons. The van der Waals surface area contributed by atoms with Crippen molar-refractivity contribution in [3.63, 3.8) is 0 Å². The zero-order valence-electron chi connectivity index (χ0n) is 24.6. The Morgan fingerprint density at radius 3 is 2.55 bits per heavy atom. The molecule has 13 heteroatoms. The Labute approximate surface area is 252 Å². The van der Waals surface area contributed by atoms with E-state index >= 15 is 4.39 Å². The van der Waals surface area contributed by atoms with Crippen LogP contribution in [0.3, 0.4) is 0 Å². The van der Waals surface area contributed by atoms with E-state index in [-0.39, 0.29) is 17.2 Å². The van der Waals surface area contributed by atoms with E-state index in [0.29, 0.717) is 54.0 Å². The average Bonchev–Trinajstić information content (AvgIpc) is 3.44. The number of carboxylic acid groups (broad SMARTS) is 1. The van der Waals surface area contributed by atoms with E-state index in [4.69, 9.17) is 25.6 Å². The van der Waals surface area contributed by atoms with Crippen LogP contribution < -0.4 is 15.8 Å². The molecule has 1 saturated heterocycles. The minimum atomic E-state index is -1.18. The van der Waals surface area contributed by atoms with E-state index in [1.807, 2.05) is 24.0 Å². The van der Waals surface area contributed by atoms with Gasteiger partial charge in [-0.1, -0.05) is 0 Å². The summed E-state index contributed by atoms with van der Waals surface area (Å²) >= 11 is 0. The number of carboxylic acids is 1. The number of hydrogen-bond acceptors (Lipinski definition) is 8. The van der Waals surface area contributed by atoms with Gasteiger partial charge < -0.3 is 25.8 Å². The number of aliphatic carboxylic acids is 1. The zero-order chi connectivity index (χ0) is 32.0. The number of aromatic nitrogens is 3. The topological polar surface area (TPSA) is 159 Å². The fourth-order valence-electron chi connectivity index (χ4n) is 4.90. The van der Waals surface area contributed by atoms with Crippen LogP contribution in [-0.2, 0) is 4.79 Å². The van der Waals surface area contributed by atoms with E-state index in [9.17, 15) is 9.18 Å². The van der Waals surface area contributed by atoms with Crippen molar-refractivity contribution in [2.75, 3.05) is 25.0 Å². The van der Waals surface area contributed by atoms with E-state index in [0.717, 1.165) is 25.3 Å². The van der Waals surface area contributed by atoms with Crippen LogP contribution in [-0.4, -0.2) is 62.0 Å². The van der Waals surface area contributed by atoms with Gasteiger partial charge in [-0.25, -0.2) is 14.4 Å². The van der Waals surface area contributed by atoms with Crippen molar-refractivity contribution in [3.8, 4) is 23.1 Å². The van der Waals surface area contributed by atoms with E-state index in [1.54, 1.807) is 22.7 Å². The van der Waals surface area contributed by atoms with Gasteiger partial charge in [-0.2, -0.15) is 9.65 Å². The van der Waals surface area contributed by atoms with Crippen LogP contribution in [0.15, 0.2) is 48.9 Å². The van der Waals surface area contributed by atoms with Crippen LogP contribution in [0, 0.1) is 35.8 Å². The number of imidazole rings is 1. The average molecular weight is 606 g/mol. The SMILES string of the molecule is CC(=O)O.Cc1cc(Nc2nccn3c(-c4ccc(OC(C)C#N)c(F)c4F)cnc23)ccc1C(=O)N1CCC(CN)CC1. The standard InChI is InChI=1S/C29H29F2N7O2.C2H4O2/c1-17-13-20(3-4-21(17)29(39)37-10-7-19(15-33)8-11-37)36-27-28-35-16-23(38(28)12-9-34-27)22-5-6-24(26(31)25(22)30)40-18(2)14-32;1-2(3)4/h3-6,9,12-13,16,18-19H,7-8,10-11,15,33H2,1-2H3,(H,34,36);1H3,(H,3,4). The minimum Gasteiger partial charge on any atom is -0.481 e. The number of hydrogen-bond donors (Lipinski definition) is 3. The number of piperidine rings is 1. The van der Waals surface area contributed by atoms with Crippen LogP contribution >= 0.6 is 0 Å². The maximum absolute atomic E-state index is 15.0. The first kappa shape index (κ1) is 31.8. The van der Waals surface area contributed by atoms with Gasteiger partial charge in [0.2, 0.25) is 5.82 Å². The molecule has 1 amide bonds. The molecule has 1 fully saturated rings. The van der Waals surface area contributed by atoms with Gasteiger partial charge in [0.1, 0.15) is 6.07 Å². The molecular formula is C31H33F2N7O4. The Kier molecular flexibility index (Phi) is 10.1. The van der Waals surface area contributed by atoms with Gasteiger partial charge in [-0.15, -0.1) is 0 Å². The summed E-state index contributed by atoms with van der Waals surface area (Å²) in [6.07, 6.45) is 5.45. The Morgan fingerprint density at radius 1 is 1.20 bits per heavy atom. The molecule has 2 aromatic carbocycles. The number of likely N-dealkylation sites (tertiary alicyclic amines) is 1. The highest BCUT2D eigenvalue weighted by atomic mass is 19.2. The summed E-state index contributed by atoms with van der Waals surface area (Å²) in [7, 11) is 0. The van der Waals surface area contributed by atoms with Crippen LogP contribution in [0.25, 0.3) is 16.9 Å². The van der Waals surface area contributed by atoms with Crippen molar-refractivity contribution in [3.05, 3.63) is 71.7 Å². The van der Waals surface area contributed by atoms with Gasteiger partial charge in [0.25, 0.3) is 11.9 Å². The van der Waals surface area contributed by atoms with Crippen LogP contribution in [0.1, 0.15) is 42.6 Å². The first-order chi connectivity index (χ1) is 21.0. The molecule has 11 nitrogen and oxygen atoms in total. The van der Waals surface area contributed by atoms with E-state index < -0.39 is 23.7 Å². The number of aryl methyl sites for hydroxylation is 1. The zero-order valence-corrected chi connectivity index (χ0v) is 24.6. The number of halogens is 2. The number of nitrogens with two attached hydrogens (primary N) is 1. The monoisotopic (exact) mass is 605 g/mol. The lowest BCUT2D eigenvalue weighted by Gasteiger charge is -2.31. The summed E-state index contributed by atoms with van der Waals surface area (Å²) in [6, 6.07) is 9.95. The lowest BCUT2D eigenvalue weighted by molar-refractivity contribution is -0.134. The fraction of sp³-hybridized carbons (Fsp3) is 0.323. The van der Waals surface area contributed by atoms with Gasteiger partial charge in [0.05, 0.1) is 11.9 Å². The first-order valence-corrected chi connectivity index (χ1v) is 14.0. The number of amides is 1. The number of ether oxygens (including phenoxy) is 1. The molecule has 1 atom stereocenters. The van der Waals surface area contributed by atoms with E-state index in [2.05, 4.69) is 15.3 Å². The van der Waals surface area contributed by atoms with Crippen LogP contribution in [0.4, 0.5) is 20.3 Å². The van der Waals surface area contributed by atoms with Crippen molar-refractivity contribution in [1.82, 2.24) is 19.3 Å². The number of nitrogens with zero attached hydrogens (tertiary/aromatic N) is 5. The molecule has 0 saturated carbocycles. The smallest absolute Gasteiger partial charge is 0.300 e. The Hall–Kier alpha value is -5.09. The molecule has 4 aromatic rings. The number of rotatable bonds is 7. The molecule has 0 radical (unpaired) electrons. The van der Waals surface area contributed by atoms with Gasteiger partial charge >= 0.3 is 0 Å². The number of carbonyl (C=O) groups is 2. The third-order valence-corrected chi connectivity index (χ3v) is 7.19. The van der Waals surface area contributed by atoms with E-state index in [1.165, 1.54) is 31.5 Å². The van der Waals surface area contributed by atoms with Gasteiger partial charge in [0.15, 0.2) is 29.1 Å². The summed E-state index contributed by atoms with van der Waals surface area (Å²) in [4.78, 5) is 32.8. The highest BCUT2D eigenvalue weighted by Crippen LogP contribution is 2.32. The number of carbonyl (C=O) groups excluding carboxylic acids is 1. The number of benzene rings is 2. The van der Waals surface area contributed by atoms with Crippen molar-refractivity contribution in [1.29, 1.82) is 5.26 Å². The summed E-state index contributed by atoms with van der Waals surface area (Å²) in [5.74, 6) is -2.59. The summed E-state index contributed by atoms with van der Waals surface area (Å²) in [5, 5.41) is 19.5. The first-order valence-electron chi connectivity index (χ1n) is 14.0. The molecule has 0 aliphatic carbocycles. The molecule has 0 spiro atoms. The van der Waals surface area contributed by atoms with Crippen molar-refractivity contribution < 1.29 is 28.2 Å². The number of nitrogens with one attached hydrogen (secondary N) is 1. The number of anilines is 2. The van der Waals surface area contributed by atoms with Crippen LogP contribution in [0.5, 0.6) is 5.75 Å². The van der Waals surface area contributed by atoms with Crippen molar-refractivity contribution in [2.45, 2.75) is 39.7 Å². The summed E-state index contributed by atoms with van der Waals surface area (Å²) < 4.78 is 36.5. The normalized spacial score (nSPS) is 13.9. The molecule has 0 bridgehead atoms. The molecule has 1 aliphatic heterocycles. The minimum absolute atomic E-state index is 0.00500. The summed E-state index contributed by atoms with van der Waals surface area (Å²) in [5.41, 5.74) is 8.62. The van der Waals surface area contributed by atoms with Gasteiger partial charge in [-0.05, 0) is 75.0 Å². The predicted molar refractivity (Wildman–Crippen MR) is 159 cm³/mol. The lowest BCUT2D eigenvalue weighted by atomic mass is 9.96. The molecule has 5 rings (SSSR count). The molecule has 1 unspecified atom stereocenters. The second-order valence-electron chi connectivity index (χ2n) is 10.4. The number of nitriles is 1. The van der Waals surface area contributed by atoms with Crippen molar-refractivity contribution >= 4 is 29.0 Å². The summed E-state index contributed by atoms with van der Waals surface area (Å²) in [6.45, 7) is 6.46. The maximum Gasteiger partial charge on any atom is 0.300 e. The maximum atomic E-state index is 15.0. The molecule has 4 N–H and O–H groups in total.